The zero-order chi connectivity index (χ0) is 22.0. The first kappa shape index (κ1) is 20.5. The standard InChI is InChI=1S/C22H25N7O2/c1-14-17(22(31)26-21-20(14)15(2)27-28(21)3)9-10-19(30)25-18(11-29-13-23-12-24-29)16-7-5-4-6-8-16/h4-8,12-13,18H,9-11H2,1-3H3,(H,25,30)(H,26,31). The van der Waals surface area contributed by atoms with Crippen molar-refractivity contribution in [2.45, 2.75) is 39.3 Å². The molecule has 31 heavy (non-hydrogen) atoms. The van der Waals surface area contributed by atoms with Crippen molar-refractivity contribution in [1.29, 1.82) is 0 Å². The largest absolute Gasteiger partial charge is 0.347 e. The lowest BCUT2D eigenvalue weighted by atomic mass is 10.0. The maximum absolute atomic E-state index is 12.8. The lowest BCUT2D eigenvalue weighted by Gasteiger charge is -2.19. The minimum atomic E-state index is -0.252. The van der Waals surface area contributed by atoms with E-state index in [4.69, 9.17) is 0 Å². The summed E-state index contributed by atoms with van der Waals surface area (Å²) in [6.07, 6.45) is 3.64. The highest BCUT2D eigenvalue weighted by molar-refractivity contribution is 5.83. The number of H-pyrrole nitrogens is 1. The Bertz CT molecular complexity index is 1260. The number of aromatic nitrogens is 6. The second-order valence-electron chi connectivity index (χ2n) is 7.64. The molecule has 0 fully saturated rings. The molecule has 0 aliphatic heterocycles. The second kappa shape index (κ2) is 8.55. The van der Waals surface area contributed by atoms with Crippen LogP contribution in [0, 0.1) is 13.8 Å². The molecule has 4 rings (SSSR count). The first-order valence-electron chi connectivity index (χ1n) is 10.2. The Morgan fingerprint density at radius 2 is 2.00 bits per heavy atom. The third-order valence-electron chi connectivity index (χ3n) is 5.53. The summed E-state index contributed by atoms with van der Waals surface area (Å²) in [4.78, 5) is 32.3. The van der Waals surface area contributed by atoms with Gasteiger partial charge in [-0.15, -0.1) is 0 Å². The van der Waals surface area contributed by atoms with Gasteiger partial charge in [-0.1, -0.05) is 30.3 Å². The van der Waals surface area contributed by atoms with E-state index in [2.05, 4.69) is 25.5 Å². The fourth-order valence-corrected chi connectivity index (χ4v) is 3.99. The molecule has 1 atom stereocenters. The zero-order valence-electron chi connectivity index (χ0n) is 17.8. The van der Waals surface area contributed by atoms with Gasteiger partial charge < -0.3 is 10.3 Å². The van der Waals surface area contributed by atoms with Gasteiger partial charge in [0.15, 0.2) is 0 Å². The number of rotatable bonds is 7. The first-order valence-corrected chi connectivity index (χ1v) is 10.2. The highest BCUT2D eigenvalue weighted by Gasteiger charge is 2.18. The van der Waals surface area contributed by atoms with E-state index in [0.717, 1.165) is 22.2 Å². The van der Waals surface area contributed by atoms with Crippen molar-refractivity contribution in [3.63, 3.8) is 0 Å². The lowest BCUT2D eigenvalue weighted by Crippen LogP contribution is -2.32. The molecule has 0 aliphatic rings. The van der Waals surface area contributed by atoms with Crippen LogP contribution in [-0.4, -0.2) is 35.4 Å². The molecule has 4 aromatic rings. The van der Waals surface area contributed by atoms with E-state index in [-0.39, 0.29) is 23.9 Å². The second-order valence-corrected chi connectivity index (χ2v) is 7.64. The van der Waals surface area contributed by atoms with Gasteiger partial charge in [-0.2, -0.15) is 10.2 Å². The summed E-state index contributed by atoms with van der Waals surface area (Å²) in [5.41, 5.74) is 3.85. The predicted octanol–water partition coefficient (Wildman–Crippen LogP) is 1.96. The third-order valence-corrected chi connectivity index (χ3v) is 5.53. The monoisotopic (exact) mass is 419 g/mol. The number of nitrogens with one attached hydrogen (secondary N) is 2. The molecule has 160 valence electrons. The molecule has 1 amide bonds. The fraction of sp³-hybridized carbons (Fsp3) is 0.318. The van der Waals surface area contributed by atoms with Crippen LogP contribution in [0.1, 0.15) is 34.8 Å². The van der Waals surface area contributed by atoms with Crippen molar-refractivity contribution < 1.29 is 4.79 Å². The SMILES string of the molecule is Cc1nn(C)c2[nH]c(=O)c(CCC(=O)NC(Cn3cncn3)c3ccccc3)c(C)c12. The van der Waals surface area contributed by atoms with Crippen LogP contribution in [0.25, 0.3) is 11.0 Å². The van der Waals surface area contributed by atoms with Crippen molar-refractivity contribution in [1.82, 2.24) is 34.8 Å². The number of hydrogen-bond acceptors (Lipinski definition) is 5. The number of benzene rings is 1. The number of nitrogens with zero attached hydrogens (tertiary/aromatic N) is 5. The Balaban J connectivity index is 1.51. The first-order chi connectivity index (χ1) is 14.9. The van der Waals surface area contributed by atoms with Crippen LogP contribution in [0.4, 0.5) is 0 Å². The van der Waals surface area contributed by atoms with Gasteiger partial charge in [0.1, 0.15) is 18.3 Å². The van der Waals surface area contributed by atoms with Crippen LogP contribution in [0.3, 0.4) is 0 Å². The molecule has 0 bridgehead atoms. The summed E-state index contributed by atoms with van der Waals surface area (Å²) < 4.78 is 3.36. The lowest BCUT2D eigenvalue weighted by molar-refractivity contribution is -0.121. The summed E-state index contributed by atoms with van der Waals surface area (Å²) in [6.45, 7) is 4.30. The van der Waals surface area contributed by atoms with Crippen LogP contribution in [-0.2, 0) is 24.8 Å². The molecular weight excluding hydrogens is 394 g/mol. The van der Waals surface area contributed by atoms with Crippen molar-refractivity contribution in [2.24, 2.45) is 7.05 Å². The Morgan fingerprint density at radius 1 is 1.23 bits per heavy atom. The Kier molecular flexibility index (Phi) is 5.66. The number of aromatic amines is 1. The van der Waals surface area contributed by atoms with Crippen LogP contribution < -0.4 is 10.9 Å². The van der Waals surface area contributed by atoms with Crippen molar-refractivity contribution in [2.75, 3.05) is 0 Å². The molecule has 1 unspecified atom stereocenters. The van der Waals surface area contributed by atoms with Crippen LogP contribution >= 0.6 is 0 Å². The van der Waals surface area contributed by atoms with E-state index in [1.165, 1.54) is 6.33 Å². The number of aryl methyl sites for hydroxylation is 3. The van der Waals surface area contributed by atoms with E-state index >= 15 is 0 Å². The van der Waals surface area contributed by atoms with Gasteiger partial charge in [-0.25, -0.2) is 4.98 Å². The van der Waals surface area contributed by atoms with Crippen LogP contribution in [0.5, 0.6) is 0 Å². The van der Waals surface area contributed by atoms with Gasteiger partial charge >= 0.3 is 0 Å². The predicted molar refractivity (Wildman–Crippen MR) is 116 cm³/mol. The van der Waals surface area contributed by atoms with Gasteiger partial charge in [0.05, 0.1) is 18.3 Å². The van der Waals surface area contributed by atoms with Gasteiger partial charge in [-0.3, -0.25) is 19.0 Å². The number of pyridine rings is 1. The summed E-state index contributed by atoms with van der Waals surface area (Å²) >= 11 is 0. The Labute approximate surface area is 179 Å². The molecular formula is C22H25N7O2. The van der Waals surface area contributed by atoms with E-state index in [9.17, 15) is 9.59 Å². The topological polar surface area (TPSA) is 110 Å². The minimum absolute atomic E-state index is 0.129. The van der Waals surface area contributed by atoms with Crippen LogP contribution in [0.2, 0.25) is 0 Å². The molecule has 0 saturated heterocycles. The highest BCUT2D eigenvalue weighted by Crippen LogP contribution is 2.21. The number of hydrogen-bond donors (Lipinski definition) is 2. The number of fused-ring (bicyclic) bond motifs is 1. The number of carbonyl (C=O) groups is 1. The minimum Gasteiger partial charge on any atom is -0.347 e. The van der Waals surface area contributed by atoms with Crippen molar-refractivity contribution in [3.05, 3.63) is 75.7 Å². The van der Waals surface area contributed by atoms with Crippen molar-refractivity contribution >= 4 is 16.9 Å². The summed E-state index contributed by atoms with van der Waals surface area (Å²) in [5, 5.41) is 12.5. The number of carbonyl (C=O) groups excluding carboxylic acids is 1. The molecule has 9 heteroatoms. The van der Waals surface area contributed by atoms with Crippen LogP contribution in [0.15, 0.2) is 47.8 Å². The average Bonchev–Trinajstić information content (AvgIpc) is 3.35. The molecule has 3 aromatic heterocycles. The molecule has 0 saturated carbocycles. The maximum atomic E-state index is 12.8. The fourth-order valence-electron chi connectivity index (χ4n) is 3.99. The highest BCUT2D eigenvalue weighted by atomic mass is 16.1. The zero-order valence-corrected chi connectivity index (χ0v) is 17.8. The molecule has 0 spiro atoms. The molecule has 9 nitrogen and oxygen atoms in total. The van der Waals surface area contributed by atoms with Gasteiger partial charge in [0.25, 0.3) is 5.56 Å². The van der Waals surface area contributed by atoms with Crippen molar-refractivity contribution in [3.8, 4) is 0 Å². The van der Waals surface area contributed by atoms with E-state index in [1.807, 2.05) is 44.2 Å². The summed E-state index contributed by atoms with van der Waals surface area (Å²) in [5.74, 6) is -0.129. The average molecular weight is 419 g/mol. The van der Waals surface area contributed by atoms with E-state index in [1.54, 1.807) is 22.7 Å². The van der Waals surface area contributed by atoms with Gasteiger partial charge in [0, 0.05) is 24.4 Å². The normalized spacial score (nSPS) is 12.2. The van der Waals surface area contributed by atoms with E-state index in [0.29, 0.717) is 24.2 Å². The molecule has 0 radical (unpaired) electrons. The quantitative estimate of drug-likeness (QED) is 0.476. The summed E-state index contributed by atoms with van der Waals surface area (Å²) in [6, 6.07) is 9.49. The molecule has 0 aliphatic carbocycles. The van der Waals surface area contributed by atoms with E-state index < -0.39 is 0 Å². The molecule has 3 heterocycles. The number of amides is 1. The third kappa shape index (κ3) is 4.25. The van der Waals surface area contributed by atoms with Gasteiger partial charge in [0.2, 0.25) is 5.91 Å². The van der Waals surface area contributed by atoms with Gasteiger partial charge in [-0.05, 0) is 31.4 Å². The molecule has 2 N–H and O–H groups in total. The smallest absolute Gasteiger partial charge is 0.253 e. The maximum Gasteiger partial charge on any atom is 0.253 e. The Hall–Kier alpha value is -3.75. The Morgan fingerprint density at radius 3 is 2.71 bits per heavy atom. The summed E-state index contributed by atoms with van der Waals surface area (Å²) in [7, 11) is 1.80. The molecule has 1 aromatic carbocycles.